The van der Waals surface area contributed by atoms with E-state index in [0.717, 1.165) is 0 Å². The van der Waals surface area contributed by atoms with Crippen molar-refractivity contribution in [2.24, 2.45) is 0 Å². The van der Waals surface area contributed by atoms with Crippen molar-refractivity contribution in [1.82, 2.24) is 0 Å². The summed E-state index contributed by atoms with van der Waals surface area (Å²) >= 11 is 0. The highest BCUT2D eigenvalue weighted by Crippen LogP contribution is 2.20. The van der Waals surface area contributed by atoms with E-state index < -0.39 is 0 Å². The summed E-state index contributed by atoms with van der Waals surface area (Å²) in [4.78, 5) is 0. The minimum atomic E-state index is 1.21. The van der Waals surface area contributed by atoms with Gasteiger partial charge in [0.15, 0.2) is 12.4 Å². The lowest BCUT2D eigenvalue weighted by atomic mass is 10.1. The maximum absolute atomic E-state index is 2.26. The first-order valence-corrected chi connectivity index (χ1v) is 8.28. The van der Waals surface area contributed by atoms with Crippen molar-refractivity contribution in [3.05, 3.63) is 95.3 Å². The van der Waals surface area contributed by atoms with Gasteiger partial charge in [0.2, 0.25) is 5.52 Å². The monoisotopic (exact) mass is 310 g/mol. The number of rotatable bonds is 2. The summed E-state index contributed by atoms with van der Waals surface area (Å²) in [7, 11) is 0. The first-order chi connectivity index (χ1) is 11.7. The van der Waals surface area contributed by atoms with Crippen LogP contribution in [0.25, 0.3) is 28.4 Å². The molecule has 2 aromatic carbocycles. The molecular weight excluding hydrogens is 290 g/mol. The standard InChI is InChI=1S/C23H20N/c1-17-3-6-19(7-4-17)8-9-20-11-13-24-14-12-21-10-5-18(2)15-22(21)23(24)16-20/h3-16H,1-2H3/q+1/b9-8+. The van der Waals surface area contributed by atoms with Crippen molar-refractivity contribution in [2.45, 2.75) is 13.8 Å². The fraction of sp³-hybridized carbons (Fsp3) is 0.0870. The van der Waals surface area contributed by atoms with E-state index in [1.54, 1.807) is 0 Å². The summed E-state index contributed by atoms with van der Waals surface area (Å²) in [5.74, 6) is 0. The lowest BCUT2D eigenvalue weighted by Gasteiger charge is -2.01. The normalized spacial score (nSPS) is 11.6. The predicted octanol–water partition coefficient (Wildman–Crippen LogP) is 5.37. The van der Waals surface area contributed by atoms with Crippen LogP contribution in [0.5, 0.6) is 0 Å². The average Bonchev–Trinajstić information content (AvgIpc) is 2.61. The van der Waals surface area contributed by atoms with E-state index in [0.29, 0.717) is 0 Å². The molecule has 0 amide bonds. The van der Waals surface area contributed by atoms with Crippen LogP contribution in [0.3, 0.4) is 0 Å². The van der Waals surface area contributed by atoms with Gasteiger partial charge in [-0.15, -0.1) is 0 Å². The molecule has 0 unspecified atom stereocenters. The van der Waals surface area contributed by atoms with Crippen molar-refractivity contribution in [1.29, 1.82) is 0 Å². The Morgan fingerprint density at radius 2 is 1.38 bits per heavy atom. The number of hydrogen-bond acceptors (Lipinski definition) is 0. The maximum atomic E-state index is 2.26. The van der Waals surface area contributed by atoms with Gasteiger partial charge in [0.25, 0.3) is 0 Å². The molecule has 0 N–H and O–H groups in total. The summed E-state index contributed by atoms with van der Waals surface area (Å²) in [5, 5.41) is 2.57. The minimum Gasteiger partial charge on any atom is -0.167 e. The van der Waals surface area contributed by atoms with Crippen LogP contribution in [0, 0.1) is 13.8 Å². The van der Waals surface area contributed by atoms with Crippen molar-refractivity contribution in [3.63, 3.8) is 0 Å². The van der Waals surface area contributed by atoms with Gasteiger partial charge in [-0.2, -0.15) is 4.40 Å². The van der Waals surface area contributed by atoms with Crippen LogP contribution in [0.1, 0.15) is 22.3 Å². The van der Waals surface area contributed by atoms with Crippen molar-refractivity contribution in [2.75, 3.05) is 0 Å². The van der Waals surface area contributed by atoms with E-state index in [1.165, 1.54) is 38.5 Å². The molecule has 0 aliphatic heterocycles. The SMILES string of the molecule is Cc1ccc(/C=C/c2cc[n+]3ccc4ccc(C)cc4c3c2)cc1. The number of fused-ring (bicyclic) bond motifs is 3. The van der Waals surface area contributed by atoms with E-state index in [-0.39, 0.29) is 0 Å². The van der Waals surface area contributed by atoms with Gasteiger partial charge in [-0.05, 0) is 36.4 Å². The van der Waals surface area contributed by atoms with E-state index in [1.807, 2.05) is 0 Å². The van der Waals surface area contributed by atoms with Gasteiger partial charge in [-0.3, -0.25) is 0 Å². The van der Waals surface area contributed by atoms with Crippen LogP contribution in [0.2, 0.25) is 0 Å². The largest absolute Gasteiger partial charge is 0.219 e. The quantitative estimate of drug-likeness (QED) is 0.346. The van der Waals surface area contributed by atoms with Gasteiger partial charge < -0.3 is 0 Å². The molecule has 0 radical (unpaired) electrons. The van der Waals surface area contributed by atoms with Crippen molar-refractivity contribution in [3.8, 4) is 0 Å². The Bertz CT molecular complexity index is 1060. The number of aryl methyl sites for hydroxylation is 2. The van der Waals surface area contributed by atoms with Crippen LogP contribution >= 0.6 is 0 Å². The van der Waals surface area contributed by atoms with Crippen LogP contribution < -0.4 is 4.40 Å². The van der Waals surface area contributed by atoms with Gasteiger partial charge in [-0.25, -0.2) is 0 Å². The second kappa shape index (κ2) is 5.93. The molecule has 0 saturated carbocycles. The predicted molar refractivity (Wildman–Crippen MR) is 102 cm³/mol. The zero-order valence-corrected chi connectivity index (χ0v) is 14.0. The Morgan fingerprint density at radius 1 is 0.667 bits per heavy atom. The molecule has 0 aliphatic carbocycles. The Kier molecular flexibility index (Phi) is 3.62. The van der Waals surface area contributed by atoms with Crippen molar-refractivity contribution >= 4 is 28.4 Å². The molecule has 0 atom stereocenters. The molecule has 0 saturated heterocycles. The lowest BCUT2D eigenvalue weighted by Crippen LogP contribution is -2.20. The number of aromatic nitrogens is 1. The molecule has 0 spiro atoms. The number of hydrogen-bond donors (Lipinski definition) is 0. The van der Waals surface area contributed by atoms with Crippen LogP contribution in [0.15, 0.2) is 73.1 Å². The molecule has 24 heavy (non-hydrogen) atoms. The highest BCUT2D eigenvalue weighted by atomic mass is 14.8. The van der Waals surface area contributed by atoms with E-state index in [9.17, 15) is 0 Å². The highest BCUT2D eigenvalue weighted by Gasteiger charge is 2.08. The number of nitrogens with zero attached hydrogens (tertiary/aromatic N) is 1. The van der Waals surface area contributed by atoms with Gasteiger partial charge >= 0.3 is 0 Å². The van der Waals surface area contributed by atoms with E-state index >= 15 is 0 Å². The third-order valence-corrected chi connectivity index (χ3v) is 4.45. The smallest absolute Gasteiger partial charge is 0.167 e. The van der Waals surface area contributed by atoms with Crippen LogP contribution in [-0.2, 0) is 0 Å². The second-order valence-electron chi connectivity index (χ2n) is 6.40. The zero-order chi connectivity index (χ0) is 16.5. The zero-order valence-electron chi connectivity index (χ0n) is 14.0. The Hall–Kier alpha value is -2.93. The average molecular weight is 310 g/mol. The molecule has 1 heteroatoms. The van der Waals surface area contributed by atoms with Gasteiger partial charge in [0, 0.05) is 18.2 Å². The molecule has 2 heterocycles. The summed E-state index contributed by atoms with van der Waals surface area (Å²) in [5.41, 5.74) is 6.25. The molecule has 0 bridgehead atoms. The topological polar surface area (TPSA) is 4.10 Å². The molecule has 2 aromatic heterocycles. The molecule has 4 aromatic rings. The number of benzene rings is 2. The first-order valence-electron chi connectivity index (χ1n) is 8.28. The molecule has 1 nitrogen and oxygen atoms in total. The molecule has 4 rings (SSSR count). The van der Waals surface area contributed by atoms with Gasteiger partial charge in [0.05, 0.1) is 5.39 Å². The minimum absolute atomic E-state index is 1.21. The van der Waals surface area contributed by atoms with Crippen LogP contribution in [0.4, 0.5) is 0 Å². The third kappa shape index (κ3) is 2.81. The fourth-order valence-electron chi connectivity index (χ4n) is 3.05. The van der Waals surface area contributed by atoms with Gasteiger partial charge in [0.1, 0.15) is 0 Å². The van der Waals surface area contributed by atoms with Crippen molar-refractivity contribution < 1.29 is 4.40 Å². The van der Waals surface area contributed by atoms with Gasteiger partial charge in [-0.1, -0.05) is 59.7 Å². The Labute approximate surface area is 142 Å². The number of pyridine rings is 2. The van der Waals surface area contributed by atoms with E-state index in [2.05, 4.69) is 103 Å². The summed E-state index contributed by atoms with van der Waals surface area (Å²) < 4.78 is 2.19. The molecular formula is C23H20N+. The summed E-state index contributed by atoms with van der Waals surface area (Å²) in [6, 6.07) is 21.8. The Morgan fingerprint density at radius 3 is 2.21 bits per heavy atom. The maximum Gasteiger partial charge on any atom is 0.219 e. The molecule has 116 valence electrons. The van der Waals surface area contributed by atoms with Crippen LogP contribution in [-0.4, -0.2) is 0 Å². The molecule has 0 aliphatic rings. The van der Waals surface area contributed by atoms with E-state index in [4.69, 9.17) is 0 Å². The third-order valence-electron chi connectivity index (χ3n) is 4.45. The lowest BCUT2D eigenvalue weighted by molar-refractivity contribution is -0.510. The highest BCUT2D eigenvalue weighted by molar-refractivity contribution is 5.94. The Balaban J connectivity index is 1.80. The second-order valence-corrected chi connectivity index (χ2v) is 6.40. The first kappa shape index (κ1) is 14.6. The summed E-state index contributed by atoms with van der Waals surface area (Å²) in [6.07, 6.45) is 8.60. The fourth-order valence-corrected chi connectivity index (χ4v) is 3.05. The summed E-state index contributed by atoms with van der Waals surface area (Å²) in [6.45, 7) is 4.26. The molecule has 0 fully saturated rings.